The van der Waals surface area contributed by atoms with Crippen molar-refractivity contribution in [2.45, 2.75) is 19.9 Å². The molecule has 0 saturated carbocycles. The fraction of sp³-hybridized carbons (Fsp3) is 0.545. The molecule has 0 aliphatic carbocycles. The van der Waals surface area contributed by atoms with Gasteiger partial charge in [0.25, 0.3) is 0 Å². The Balaban J connectivity index is 1.97. The van der Waals surface area contributed by atoms with E-state index in [1.54, 1.807) is 24.6 Å². The van der Waals surface area contributed by atoms with Gasteiger partial charge < -0.3 is 10.1 Å². The Morgan fingerprint density at radius 1 is 1.44 bits per heavy atom. The highest BCUT2D eigenvalue weighted by Crippen LogP contribution is 2.16. The van der Waals surface area contributed by atoms with E-state index in [2.05, 4.69) is 27.4 Å². The molecule has 0 saturated heterocycles. The molecule has 1 N–H and O–H groups in total. The molecule has 98 valence electrons. The maximum absolute atomic E-state index is 4.97. The third-order valence-corrected chi connectivity index (χ3v) is 3.38. The molecule has 0 aliphatic rings. The first-order chi connectivity index (χ1) is 8.85. The third-order valence-electron chi connectivity index (χ3n) is 2.46. The van der Waals surface area contributed by atoms with Gasteiger partial charge in [0, 0.05) is 39.0 Å². The zero-order chi connectivity index (χ0) is 12.8. The van der Waals surface area contributed by atoms with Gasteiger partial charge in [-0.15, -0.1) is 10.2 Å². The molecule has 0 spiro atoms. The second-order valence-corrected chi connectivity index (χ2v) is 4.76. The zero-order valence-electron chi connectivity index (χ0n) is 10.6. The topological polar surface area (TPSA) is 64.9 Å². The van der Waals surface area contributed by atoms with Crippen molar-refractivity contribution in [1.82, 2.24) is 25.1 Å². The van der Waals surface area contributed by atoms with E-state index in [0.29, 0.717) is 6.61 Å². The number of nitrogens with zero attached hydrogens (tertiary/aromatic N) is 4. The van der Waals surface area contributed by atoms with E-state index < -0.39 is 0 Å². The highest BCUT2D eigenvalue weighted by atomic mass is 32.1. The van der Waals surface area contributed by atoms with Crippen LogP contribution in [0.5, 0.6) is 0 Å². The molecule has 0 fully saturated rings. The van der Waals surface area contributed by atoms with Gasteiger partial charge in [0.1, 0.15) is 10.8 Å². The monoisotopic (exact) mass is 267 g/mol. The van der Waals surface area contributed by atoms with Gasteiger partial charge in [0.2, 0.25) is 5.13 Å². The Morgan fingerprint density at radius 3 is 3.11 bits per heavy atom. The minimum Gasteiger partial charge on any atom is -0.383 e. The Bertz CT molecular complexity index is 481. The summed E-state index contributed by atoms with van der Waals surface area (Å²) in [5.41, 5.74) is 0. The molecule has 2 rings (SSSR count). The van der Waals surface area contributed by atoms with Crippen LogP contribution in [0.1, 0.15) is 17.8 Å². The summed E-state index contributed by atoms with van der Waals surface area (Å²) >= 11 is 1.58. The van der Waals surface area contributed by atoms with Gasteiger partial charge in [-0.2, -0.15) is 0 Å². The number of hydrogen-bond acceptors (Lipinski definition) is 6. The van der Waals surface area contributed by atoms with E-state index in [4.69, 9.17) is 4.74 Å². The van der Waals surface area contributed by atoms with Gasteiger partial charge in [-0.05, 0) is 0 Å². The average molecular weight is 267 g/mol. The number of ether oxygens (including phenoxy) is 1. The molecule has 0 unspecified atom stereocenters. The van der Waals surface area contributed by atoms with Crippen molar-refractivity contribution in [3.63, 3.8) is 0 Å². The molecule has 2 aromatic heterocycles. The van der Waals surface area contributed by atoms with Gasteiger partial charge >= 0.3 is 0 Å². The first-order valence-corrected chi connectivity index (χ1v) is 6.71. The van der Waals surface area contributed by atoms with Crippen molar-refractivity contribution < 1.29 is 4.74 Å². The van der Waals surface area contributed by atoms with Crippen LogP contribution in [0.3, 0.4) is 0 Å². The normalized spacial score (nSPS) is 11.0. The van der Waals surface area contributed by atoms with Crippen LogP contribution < -0.4 is 5.32 Å². The number of rotatable bonds is 7. The molecule has 7 heteroatoms. The molecule has 0 atom stereocenters. The summed E-state index contributed by atoms with van der Waals surface area (Å²) in [7, 11) is 1.69. The van der Waals surface area contributed by atoms with Crippen LogP contribution in [0.15, 0.2) is 12.4 Å². The molecule has 0 radical (unpaired) electrons. The van der Waals surface area contributed by atoms with Gasteiger partial charge in [-0.3, -0.25) is 4.57 Å². The third kappa shape index (κ3) is 3.12. The van der Waals surface area contributed by atoms with Gasteiger partial charge in [-0.1, -0.05) is 18.3 Å². The SMILES string of the molecule is CCc1nccn1-c1nnc(CNCCOC)s1. The minimum absolute atomic E-state index is 0.702. The standard InChI is InChI=1S/C11H17N5OS/c1-3-9-13-4-6-16(9)11-15-14-10(18-11)8-12-5-7-17-2/h4,6,12H,3,5,7-8H2,1-2H3. The predicted molar refractivity (Wildman–Crippen MR) is 70.0 cm³/mol. The van der Waals surface area contributed by atoms with Crippen molar-refractivity contribution in [3.8, 4) is 5.13 Å². The van der Waals surface area contributed by atoms with E-state index in [1.165, 1.54) is 0 Å². The quantitative estimate of drug-likeness (QED) is 0.759. The van der Waals surface area contributed by atoms with Crippen LogP contribution >= 0.6 is 11.3 Å². The van der Waals surface area contributed by atoms with E-state index in [9.17, 15) is 0 Å². The van der Waals surface area contributed by atoms with Crippen molar-refractivity contribution >= 4 is 11.3 Å². The molecule has 6 nitrogen and oxygen atoms in total. The van der Waals surface area contributed by atoms with Crippen molar-refractivity contribution in [1.29, 1.82) is 0 Å². The Morgan fingerprint density at radius 2 is 2.33 bits per heavy atom. The lowest BCUT2D eigenvalue weighted by molar-refractivity contribution is 0.199. The van der Waals surface area contributed by atoms with E-state index in [1.807, 2.05) is 10.8 Å². The van der Waals surface area contributed by atoms with Gasteiger partial charge in [0.05, 0.1) is 6.61 Å². The summed E-state index contributed by atoms with van der Waals surface area (Å²) < 4.78 is 6.95. The highest BCUT2D eigenvalue weighted by molar-refractivity contribution is 7.13. The van der Waals surface area contributed by atoms with Crippen molar-refractivity contribution in [2.24, 2.45) is 0 Å². The number of imidazole rings is 1. The first-order valence-electron chi connectivity index (χ1n) is 5.89. The molecular weight excluding hydrogens is 250 g/mol. The van der Waals surface area contributed by atoms with E-state index in [-0.39, 0.29) is 0 Å². The number of hydrogen-bond donors (Lipinski definition) is 1. The summed E-state index contributed by atoms with van der Waals surface area (Å²) in [6.07, 6.45) is 4.59. The number of methoxy groups -OCH3 is 1. The van der Waals surface area contributed by atoms with Crippen molar-refractivity contribution in [2.75, 3.05) is 20.3 Å². The fourth-order valence-corrected chi connectivity index (χ4v) is 2.37. The average Bonchev–Trinajstić information content (AvgIpc) is 3.02. The predicted octanol–water partition coefficient (Wildman–Crippen LogP) is 1.02. The van der Waals surface area contributed by atoms with Gasteiger partial charge in [0.15, 0.2) is 0 Å². The first kappa shape index (κ1) is 13.1. The van der Waals surface area contributed by atoms with Gasteiger partial charge in [-0.25, -0.2) is 4.98 Å². The second-order valence-electron chi connectivity index (χ2n) is 3.71. The summed E-state index contributed by atoms with van der Waals surface area (Å²) in [5, 5.41) is 13.4. The molecule has 0 bridgehead atoms. The molecule has 18 heavy (non-hydrogen) atoms. The summed E-state index contributed by atoms with van der Waals surface area (Å²) in [5.74, 6) is 1.00. The van der Waals surface area contributed by atoms with Crippen LogP contribution in [0.2, 0.25) is 0 Å². The Kier molecular flexibility index (Phi) is 4.80. The smallest absolute Gasteiger partial charge is 0.217 e. The van der Waals surface area contributed by atoms with E-state index >= 15 is 0 Å². The lowest BCUT2D eigenvalue weighted by atomic mass is 10.5. The molecule has 0 aromatic carbocycles. The number of aryl methyl sites for hydroxylation is 1. The maximum atomic E-state index is 4.97. The number of aromatic nitrogens is 4. The zero-order valence-corrected chi connectivity index (χ0v) is 11.4. The molecule has 2 heterocycles. The molecule has 2 aromatic rings. The molecule has 0 aliphatic heterocycles. The Labute approximate surface area is 110 Å². The lowest BCUT2D eigenvalue weighted by Crippen LogP contribution is -2.18. The highest BCUT2D eigenvalue weighted by Gasteiger charge is 2.08. The Hall–Kier alpha value is -1.31. The van der Waals surface area contributed by atoms with Crippen LogP contribution in [-0.2, 0) is 17.7 Å². The summed E-state index contributed by atoms with van der Waals surface area (Å²) in [6.45, 7) is 4.31. The summed E-state index contributed by atoms with van der Waals surface area (Å²) in [6, 6.07) is 0. The minimum atomic E-state index is 0.702. The molecular formula is C11H17N5OS. The van der Waals surface area contributed by atoms with E-state index in [0.717, 1.165) is 35.5 Å². The van der Waals surface area contributed by atoms with Crippen LogP contribution in [-0.4, -0.2) is 40.0 Å². The fourth-order valence-electron chi connectivity index (χ4n) is 1.55. The van der Waals surface area contributed by atoms with Crippen LogP contribution in [0, 0.1) is 0 Å². The van der Waals surface area contributed by atoms with Crippen molar-refractivity contribution in [3.05, 3.63) is 23.2 Å². The molecule has 0 amide bonds. The van der Waals surface area contributed by atoms with Crippen LogP contribution in [0.25, 0.3) is 5.13 Å². The summed E-state index contributed by atoms with van der Waals surface area (Å²) in [4.78, 5) is 4.28. The largest absolute Gasteiger partial charge is 0.383 e. The van der Waals surface area contributed by atoms with Crippen LogP contribution in [0.4, 0.5) is 0 Å². The maximum Gasteiger partial charge on any atom is 0.217 e. The number of nitrogens with one attached hydrogen (secondary N) is 1. The second kappa shape index (κ2) is 6.58. The lowest BCUT2D eigenvalue weighted by Gasteiger charge is -2.00.